The molecular weight excluding hydrogens is 428 g/mol. The van der Waals surface area contributed by atoms with E-state index < -0.39 is 10.0 Å². The molecule has 0 unspecified atom stereocenters. The topological polar surface area (TPSA) is 93.7 Å². The molecule has 3 aromatic carbocycles. The van der Waals surface area contributed by atoms with E-state index in [4.69, 9.17) is 9.47 Å². The van der Waals surface area contributed by atoms with E-state index in [1.54, 1.807) is 42.5 Å². The molecule has 8 heteroatoms. The van der Waals surface area contributed by atoms with Crippen LogP contribution in [0.25, 0.3) is 0 Å². The van der Waals surface area contributed by atoms with E-state index >= 15 is 0 Å². The number of sulfonamides is 1. The van der Waals surface area contributed by atoms with Crippen molar-refractivity contribution in [1.82, 2.24) is 0 Å². The smallest absolute Gasteiger partial charge is 0.261 e. The summed E-state index contributed by atoms with van der Waals surface area (Å²) in [5.41, 5.74) is 2.21. The number of carbonyl (C=O) groups excluding carboxylic acids is 1. The summed E-state index contributed by atoms with van der Waals surface area (Å²) in [6.45, 7) is 6.48. The van der Waals surface area contributed by atoms with Crippen LogP contribution in [0.15, 0.2) is 71.6 Å². The quantitative estimate of drug-likeness (QED) is 0.482. The van der Waals surface area contributed by atoms with Crippen LogP contribution >= 0.6 is 0 Å². The van der Waals surface area contributed by atoms with Gasteiger partial charge in [-0.2, -0.15) is 0 Å². The lowest BCUT2D eigenvalue weighted by Gasteiger charge is -2.13. The number of benzene rings is 3. The fourth-order valence-electron chi connectivity index (χ4n) is 3.00. The third-order valence-electron chi connectivity index (χ3n) is 4.62. The van der Waals surface area contributed by atoms with E-state index in [9.17, 15) is 13.2 Å². The Morgan fingerprint density at radius 3 is 2.19 bits per heavy atom. The standard InChI is InChI=1S/C24H26N2O5S/c1-4-30-22-15-10-18(16-23(22)31-5-2)24(27)25-19-11-13-20(14-12-19)32(28,29)26-21-9-7-6-8-17(21)3/h6-16,26H,4-5H2,1-3H3,(H,25,27). The van der Waals surface area contributed by atoms with Crippen LogP contribution < -0.4 is 19.5 Å². The molecule has 168 valence electrons. The Balaban J connectivity index is 1.73. The number of nitrogens with one attached hydrogen (secondary N) is 2. The van der Waals surface area contributed by atoms with Crippen LogP contribution in [0.4, 0.5) is 11.4 Å². The van der Waals surface area contributed by atoms with E-state index in [-0.39, 0.29) is 10.8 Å². The first-order valence-corrected chi connectivity index (χ1v) is 11.7. The molecule has 0 heterocycles. The Hall–Kier alpha value is -3.52. The Kier molecular flexibility index (Phi) is 7.37. The normalized spacial score (nSPS) is 11.0. The molecule has 0 aliphatic carbocycles. The van der Waals surface area contributed by atoms with Gasteiger partial charge in [0.25, 0.3) is 15.9 Å². The van der Waals surface area contributed by atoms with Gasteiger partial charge in [-0.15, -0.1) is 0 Å². The minimum absolute atomic E-state index is 0.0958. The van der Waals surface area contributed by atoms with Crippen LogP contribution in [-0.4, -0.2) is 27.5 Å². The Bertz CT molecular complexity index is 1190. The minimum Gasteiger partial charge on any atom is -0.490 e. The second-order valence-electron chi connectivity index (χ2n) is 6.93. The molecule has 0 aliphatic heterocycles. The molecular formula is C24H26N2O5S. The Labute approximate surface area is 188 Å². The number of amides is 1. The summed E-state index contributed by atoms with van der Waals surface area (Å²) in [7, 11) is -3.75. The van der Waals surface area contributed by atoms with Gasteiger partial charge in [0.1, 0.15) is 0 Å². The molecule has 0 aliphatic rings. The van der Waals surface area contributed by atoms with Crippen LogP contribution in [-0.2, 0) is 10.0 Å². The number of hydrogen-bond acceptors (Lipinski definition) is 5. The van der Waals surface area contributed by atoms with Gasteiger partial charge in [-0.1, -0.05) is 18.2 Å². The Morgan fingerprint density at radius 1 is 0.875 bits per heavy atom. The largest absolute Gasteiger partial charge is 0.490 e. The van der Waals surface area contributed by atoms with Gasteiger partial charge in [0.05, 0.1) is 23.8 Å². The zero-order valence-corrected chi connectivity index (χ0v) is 19.0. The van der Waals surface area contributed by atoms with Crippen molar-refractivity contribution in [2.75, 3.05) is 23.3 Å². The summed E-state index contributed by atoms with van der Waals surface area (Å²) in [5, 5.41) is 2.77. The molecule has 0 saturated heterocycles. The SMILES string of the molecule is CCOc1ccc(C(=O)Nc2ccc(S(=O)(=O)Nc3ccccc3C)cc2)cc1OCC. The zero-order chi connectivity index (χ0) is 23.1. The highest BCUT2D eigenvalue weighted by molar-refractivity contribution is 7.92. The van der Waals surface area contributed by atoms with E-state index in [0.29, 0.717) is 41.7 Å². The van der Waals surface area contributed by atoms with Gasteiger partial charge in [0, 0.05) is 11.3 Å². The second-order valence-corrected chi connectivity index (χ2v) is 8.61. The van der Waals surface area contributed by atoms with E-state index in [0.717, 1.165) is 5.56 Å². The average Bonchev–Trinajstić information content (AvgIpc) is 2.77. The van der Waals surface area contributed by atoms with Gasteiger partial charge < -0.3 is 14.8 Å². The summed E-state index contributed by atoms with van der Waals surface area (Å²) in [5.74, 6) is 0.718. The fourth-order valence-corrected chi connectivity index (χ4v) is 4.13. The molecule has 0 saturated carbocycles. The monoisotopic (exact) mass is 454 g/mol. The number of aryl methyl sites for hydroxylation is 1. The van der Waals surface area contributed by atoms with E-state index in [2.05, 4.69) is 10.0 Å². The van der Waals surface area contributed by atoms with Crippen LogP contribution in [0.1, 0.15) is 29.8 Å². The maximum Gasteiger partial charge on any atom is 0.261 e. The maximum absolute atomic E-state index is 12.7. The van der Waals surface area contributed by atoms with Gasteiger partial charge in [-0.25, -0.2) is 8.42 Å². The lowest BCUT2D eigenvalue weighted by molar-refractivity contribution is 0.102. The van der Waals surface area contributed by atoms with Gasteiger partial charge >= 0.3 is 0 Å². The number of anilines is 2. The first-order chi connectivity index (χ1) is 15.3. The minimum atomic E-state index is -3.75. The van der Waals surface area contributed by atoms with E-state index in [1.807, 2.05) is 32.9 Å². The third kappa shape index (κ3) is 5.59. The van der Waals surface area contributed by atoms with E-state index in [1.165, 1.54) is 12.1 Å². The second kappa shape index (κ2) is 10.2. The van der Waals surface area contributed by atoms with Gasteiger partial charge in [0.2, 0.25) is 0 Å². The van der Waals surface area contributed by atoms with Gasteiger partial charge in [0.15, 0.2) is 11.5 Å². The molecule has 1 amide bonds. The van der Waals surface area contributed by atoms with Crippen LogP contribution in [0.3, 0.4) is 0 Å². The average molecular weight is 455 g/mol. The third-order valence-corrected chi connectivity index (χ3v) is 6.00. The molecule has 0 bridgehead atoms. The van der Waals surface area contributed by atoms with Crippen molar-refractivity contribution in [3.8, 4) is 11.5 Å². The van der Waals surface area contributed by atoms with Crippen molar-refractivity contribution in [2.45, 2.75) is 25.7 Å². The van der Waals surface area contributed by atoms with Gasteiger partial charge in [-0.05, 0) is 74.9 Å². The van der Waals surface area contributed by atoms with Gasteiger partial charge in [-0.3, -0.25) is 9.52 Å². The summed E-state index contributed by atoms with van der Waals surface area (Å²) < 4.78 is 39.0. The van der Waals surface area contributed by atoms with Crippen LogP contribution in [0, 0.1) is 6.92 Å². The number of para-hydroxylation sites is 1. The summed E-state index contributed by atoms with van der Waals surface area (Å²) in [6, 6.07) is 18.1. The molecule has 0 radical (unpaired) electrons. The molecule has 32 heavy (non-hydrogen) atoms. The summed E-state index contributed by atoms with van der Waals surface area (Å²) in [6.07, 6.45) is 0. The molecule has 3 rings (SSSR count). The fraction of sp³-hybridized carbons (Fsp3) is 0.208. The number of rotatable bonds is 9. The van der Waals surface area contributed by atoms with Crippen molar-refractivity contribution in [2.24, 2.45) is 0 Å². The van der Waals surface area contributed by atoms with Crippen molar-refractivity contribution in [3.05, 3.63) is 77.9 Å². The lowest BCUT2D eigenvalue weighted by Crippen LogP contribution is -2.15. The van der Waals surface area contributed by atoms with Crippen LogP contribution in [0.2, 0.25) is 0 Å². The zero-order valence-electron chi connectivity index (χ0n) is 18.2. The Morgan fingerprint density at radius 2 is 1.53 bits per heavy atom. The predicted molar refractivity (Wildman–Crippen MR) is 125 cm³/mol. The molecule has 0 atom stereocenters. The molecule has 2 N–H and O–H groups in total. The predicted octanol–water partition coefficient (Wildman–Crippen LogP) is 4.85. The number of hydrogen-bond donors (Lipinski definition) is 2. The highest BCUT2D eigenvalue weighted by Gasteiger charge is 2.16. The maximum atomic E-state index is 12.7. The molecule has 0 aromatic heterocycles. The molecule has 3 aromatic rings. The number of carbonyl (C=O) groups is 1. The highest BCUT2D eigenvalue weighted by atomic mass is 32.2. The summed E-state index contributed by atoms with van der Waals surface area (Å²) in [4.78, 5) is 12.8. The molecule has 0 fully saturated rings. The van der Waals surface area contributed by atoms with Crippen molar-refractivity contribution in [3.63, 3.8) is 0 Å². The lowest BCUT2D eigenvalue weighted by atomic mass is 10.2. The first-order valence-electron chi connectivity index (χ1n) is 10.2. The first kappa shape index (κ1) is 23.1. The highest BCUT2D eigenvalue weighted by Crippen LogP contribution is 2.29. The van der Waals surface area contributed by atoms with Crippen molar-refractivity contribution in [1.29, 1.82) is 0 Å². The van der Waals surface area contributed by atoms with Crippen LogP contribution in [0.5, 0.6) is 11.5 Å². The van der Waals surface area contributed by atoms with Crippen molar-refractivity contribution >= 4 is 27.3 Å². The van der Waals surface area contributed by atoms with Crippen molar-refractivity contribution < 1.29 is 22.7 Å². The number of ether oxygens (including phenoxy) is 2. The molecule has 0 spiro atoms. The molecule has 7 nitrogen and oxygen atoms in total. The summed E-state index contributed by atoms with van der Waals surface area (Å²) >= 11 is 0.